The van der Waals surface area contributed by atoms with E-state index in [1.807, 2.05) is 26.1 Å². The monoisotopic (exact) mass is 408 g/mol. The van der Waals surface area contributed by atoms with E-state index < -0.39 is 0 Å². The number of fused-ring (bicyclic) bond motifs is 1. The number of hydrogen-bond acceptors (Lipinski definition) is 8. The van der Waals surface area contributed by atoms with Crippen LogP contribution in [0, 0.1) is 6.92 Å². The molecule has 2 N–H and O–H groups in total. The second-order valence-corrected chi connectivity index (χ2v) is 7.84. The van der Waals surface area contributed by atoms with Crippen LogP contribution in [0.4, 0.5) is 11.6 Å². The molecule has 0 bridgehead atoms. The number of nitrogens with zero attached hydrogens (tertiary/aromatic N) is 6. The van der Waals surface area contributed by atoms with Crippen molar-refractivity contribution in [2.75, 3.05) is 36.5 Å². The minimum Gasteiger partial charge on any atom is -0.477 e. The fraction of sp³-hybridized carbons (Fsp3) is 0.450. The minimum absolute atomic E-state index is 0.244. The van der Waals surface area contributed by atoms with E-state index >= 15 is 0 Å². The molecule has 1 spiro atoms. The van der Waals surface area contributed by atoms with Gasteiger partial charge in [0.25, 0.3) is 5.91 Å². The molecule has 10 heteroatoms. The van der Waals surface area contributed by atoms with Crippen molar-refractivity contribution in [1.82, 2.24) is 29.9 Å². The molecule has 2 aliphatic rings. The molecule has 0 atom stereocenters. The summed E-state index contributed by atoms with van der Waals surface area (Å²) in [5.41, 5.74) is 1.38. The van der Waals surface area contributed by atoms with Crippen molar-refractivity contribution in [1.29, 1.82) is 0 Å². The molecule has 0 radical (unpaired) electrons. The van der Waals surface area contributed by atoms with Gasteiger partial charge in [0.15, 0.2) is 11.6 Å². The van der Waals surface area contributed by atoms with Crippen LogP contribution >= 0.6 is 0 Å². The lowest BCUT2D eigenvalue weighted by molar-refractivity contribution is 0.102. The van der Waals surface area contributed by atoms with Gasteiger partial charge in [-0.25, -0.2) is 4.98 Å². The van der Waals surface area contributed by atoms with E-state index in [9.17, 15) is 4.79 Å². The highest BCUT2D eigenvalue weighted by atomic mass is 16.5. The molecule has 3 aromatic rings. The molecular formula is C20H24N8O2. The predicted octanol–water partition coefficient (Wildman–Crippen LogP) is 1.42. The van der Waals surface area contributed by atoms with E-state index in [0.29, 0.717) is 23.8 Å². The lowest BCUT2D eigenvalue weighted by Crippen LogP contribution is -2.52. The van der Waals surface area contributed by atoms with Gasteiger partial charge >= 0.3 is 0 Å². The number of imidazole rings is 1. The molecule has 1 saturated heterocycles. The van der Waals surface area contributed by atoms with E-state index in [1.54, 1.807) is 16.7 Å². The molecular weight excluding hydrogens is 384 g/mol. The van der Waals surface area contributed by atoms with Crippen LogP contribution in [0.5, 0.6) is 5.88 Å². The van der Waals surface area contributed by atoms with Gasteiger partial charge < -0.3 is 20.3 Å². The first-order chi connectivity index (χ1) is 14.5. The fourth-order valence-corrected chi connectivity index (χ4v) is 3.81. The normalized spacial score (nSPS) is 17.3. The molecule has 3 aromatic heterocycles. The first-order valence-electron chi connectivity index (χ1n) is 10.2. The molecule has 5 rings (SSSR count). The molecule has 4 heterocycles. The van der Waals surface area contributed by atoms with Crippen molar-refractivity contribution in [3.8, 4) is 5.88 Å². The van der Waals surface area contributed by atoms with Gasteiger partial charge in [-0.2, -0.15) is 4.98 Å². The maximum Gasteiger partial charge on any atom is 0.263 e. The summed E-state index contributed by atoms with van der Waals surface area (Å²) in [6.07, 6.45) is 5.90. The van der Waals surface area contributed by atoms with E-state index in [2.05, 4.69) is 35.7 Å². The number of nitrogens with one attached hydrogen (secondary N) is 2. The number of carbonyl (C=O) groups is 1. The summed E-state index contributed by atoms with van der Waals surface area (Å²) in [6, 6.07) is 3.67. The van der Waals surface area contributed by atoms with Crippen molar-refractivity contribution < 1.29 is 9.53 Å². The first-order valence-corrected chi connectivity index (χ1v) is 10.2. The number of rotatable bonds is 5. The third-order valence-electron chi connectivity index (χ3n) is 5.50. The van der Waals surface area contributed by atoms with Crippen molar-refractivity contribution in [3.63, 3.8) is 0 Å². The lowest BCUT2D eigenvalue weighted by atomic mass is 10.2. The Kier molecular flexibility index (Phi) is 4.50. The smallest absolute Gasteiger partial charge is 0.263 e. The maximum absolute atomic E-state index is 12.9. The van der Waals surface area contributed by atoms with E-state index in [-0.39, 0.29) is 17.3 Å². The standard InChI is InChI=1S/C20H24N8O2/c1-3-30-18-14(11-28-10-13(2)22-19(28)24-18)17(29)23-15-4-5-16(26-25-15)27-9-8-21-20(12-27)6-7-20/h4-5,10-11,21H,3,6-9,12H2,1-2H3,(H,23,25,29). The molecule has 10 nitrogen and oxygen atoms in total. The number of amides is 1. The Balaban J connectivity index is 1.34. The number of piperazine rings is 1. The first kappa shape index (κ1) is 18.7. The molecule has 1 aliphatic carbocycles. The Morgan fingerprint density at radius 1 is 1.27 bits per heavy atom. The highest BCUT2D eigenvalue weighted by Gasteiger charge is 2.45. The van der Waals surface area contributed by atoms with E-state index in [4.69, 9.17) is 4.74 Å². The summed E-state index contributed by atoms with van der Waals surface area (Å²) in [7, 11) is 0. The average molecular weight is 408 g/mol. The molecule has 0 aromatic carbocycles. The molecule has 2 fully saturated rings. The Morgan fingerprint density at radius 3 is 2.87 bits per heavy atom. The largest absolute Gasteiger partial charge is 0.477 e. The Labute approximate surface area is 173 Å². The van der Waals surface area contributed by atoms with Crippen LogP contribution in [0.1, 0.15) is 35.8 Å². The fourth-order valence-electron chi connectivity index (χ4n) is 3.81. The second-order valence-electron chi connectivity index (χ2n) is 7.84. The van der Waals surface area contributed by atoms with Crippen molar-refractivity contribution in [2.24, 2.45) is 0 Å². The Morgan fingerprint density at radius 2 is 2.13 bits per heavy atom. The van der Waals surface area contributed by atoms with Gasteiger partial charge in [0, 0.05) is 37.6 Å². The summed E-state index contributed by atoms with van der Waals surface area (Å²) < 4.78 is 7.27. The van der Waals surface area contributed by atoms with Gasteiger partial charge in [0.2, 0.25) is 11.7 Å². The number of ether oxygens (including phenoxy) is 1. The second kappa shape index (κ2) is 7.21. The molecule has 1 amide bonds. The number of hydrogen-bond donors (Lipinski definition) is 2. The number of aromatic nitrogens is 5. The van der Waals surface area contributed by atoms with Gasteiger partial charge in [-0.3, -0.25) is 9.20 Å². The number of anilines is 2. The Hall–Kier alpha value is -3.27. The molecule has 1 aliphatic heterocycles. The zero-order valence-electron chi connectivity index (χ0n) is 17.1. The molecule has 30 heavy (non-hydrogen) atoms. The van der Waals surface area contributed by atoms with Gasteiger partial charge in [-0.15, -0.1) is 10.2 Å². The van der Waals surface area contributed by atoms with Crippen LogP contribution in [-0.2, 0) is 0 Å². The molecule has 156 valence electrons. The van der Waals surface area contributed by atoms with Crippen LogP contribution in [0.25, 0.3) is 5.78 Å². The van der Waals surface area contributed by atoms with Gasteiger partial charge in [-0.1, -0.05) is 0 Å². The van der Waals surface area contributed by atoms with Crippen LogP contribution in [-0.4, -0.2) is 62.3 Å². The topological polar surface area (TPSA) is 110 Å². The van der Waals surface area contributed by atoms with Crippen LogP contribution in [0.2, 0.25) is 0 Å². The average Bonchev–Trinajstić information content (AvgIpc) is 3.37. The predicted molar refractivity (Wildman–Crippen MR) is 111 cm³/mol. The summed E-state index contributed by atoms with van der Waals surface area (Å²) >= 11 is 0. The Bertz CT molecular complexity index is 1090. The third-order valence-corrected chi connectivity index (χ3v) is 5.50. The number of carbonyl (C=O) groups excluding carboxylic acids is 1. The highest BCUT2D eigenvalue weighted by molar-refractivity contribution is 6.05. The van der Waals surface area contributed by atoms with Gasteiger partial charge in [0.05, 0.1) is 12.3 Å². The zero-order valence-corrected chi connectivity index (χ0v) is 17.1. The zero-order chi connectivity index (χ0) is 20.7. The lowest BCUT2D eigenvalue weighted by Gasteiger charge is -2.34. The van der Waals surface area contributed by atoms with Crippen molar-refractivity contribution in [2.45, 2.75) is 32.2 Å². The summed E-state index contributed by atoms with van der Waals surface area (Å²) in [4.78, 5) is 23.8. The minimum atomic E-state index is -0.361. The molecule has 1 saturated carbocycles. The molecule has 0 unspecified atom stereocenters. The van der Waals surface area contributed by atoms with Crippen LogP contribution < -0.4 is 20.3 Å². The third kappa shape index (κ3) is 3.54. The number of aryl methyl sites for hydroxylation is 1. The van der Waals surface area contributed by atoms with Crippen LogP contribution in [0.15, 0.2) is 24.5 Å². The summed E-state index contributed by atoms with van der Waals surface area (Å²) in [6.45, 7) is 6.90. The van der Waals surface area contributed by atoms with E-state index in [1.165, 1.54) is 12.8 Å². The quantitative estimate of drug-likeness (QED) is 0.652. The van der Waals surface area contributed by atoms with Crippen LogP contribution in [0.3, 0.4) is 0 Å². The van der Waals surface area contributed by atoms with Crippen molar-refractivity contribution >= 4 is 23.3 Å². The van der Waals surface area contributed by atoms with E-state index in [0.717, 1.165) is 31.1 Å². The van der Waals surface area contributed by atoms with Gasteiger partial charge in [-0.05, 0) is 38.8 Å². The maximum atomic E-state index is 12.9. The van der Waals surface area contributed by atoms with Gasteiger partial charge in [0.1, 0.15) is 5.56 Å². The SMILES string of the molecule is CCOc1nc2nc(C)cn2cc1C(=O)Nc1ccc(N2CCNC3(CC3)C2)nn1. The summed E-state index contributed by atoms with van der Waals surface area (Å²) in [5.74, 6) is 1.58. The summed E-state index contributed by atoms with van der Waals surface area (Å²) in [5, 5.41) is 14.9. The highest BCUT2D eigenvalue weighted by Crippen LogP contribution is 2.38. The van der Waals surface area contributed by atoms with Crippen molar-refractivity contribution in [3.05, 3.63) is 35.8 Å².